The van der Waals surface area contributed by atoms with E-state index in [0.717, 1.165) is 0 Å². The van der Waals surface area contributed by atoms with Crippen LogP contribution in [0.1, 0.15) is 23.1 Å². The summed E-state index contributed by atoms with van der Waals surface area (Å²) in [6, 6.07) is 6.81. The van der Waals surface area contributed by atoms with Crippen molar-refractivity contribution in [2.24, 2.45) is 17.4 Å². The number of likely N-dealkylation sites (N-methyl/N-ethyl adjacent to an activating group) is 1. The van der Waals surface area contributed by atoms with Gasteiger partial charge in [-0.3, -0.25) is 19.3 Å². The van der Waals surface area contributed by atoms with Crippen LogP contribution in [0.3, 0.4) is 0 Å². The molecule has 216 valence electrons. The van der Waals surface area contributed by atoms with E-state index in [1.165, 1.54) is 32.2 Å². The zero-order valence-corrected chi connectivity index (χ0v) is 22.6. The molecule has 0 spiro atoms. The van der Waals surface area contributed by atoms with Crippen molar-refractivity contribution < 1.29 is 44.7 Å². The number of fused-ring (bicyclic) bond motifs is 3. The van der Waals surface area contributed by atoms with Gasteiger partial charge < -0.3 is 41.7 Å². The molecule has 2 aromatic rings. The quantitative estimate of drug-likeness (QED) is 0.243. The largest absolute Gasteiger partial charge is 0.508 e. The first-order valence-electron chi connectivity index (χ1n) is 12.8. The molecular weight excluding hydrogens is 534 g/mol. The zero-order valence-electron chi connectivity index (χ0n) is 22.6. The standard InChI is InChI=1S/C29H31N3O9/c1-32(2)22-16-10-28(39)9-15-14(12-4-7-18(41-3)13(8-12)11-30)5-6-17(33)19(15)23(34)21(28)26(37)29(16,40)25(36)20(24(22)35)27(31)38/h4-8,16,22,33-34,36,39-40H,9-11,30H2,1-3H3,(H2,31,38)/t16-,22-,28+,29+/m0/s1. The molecule has 1 amide bonds. The van der Waals surface area contributed by atoms with E-state index in [1.807, 2.05) is 0 Å². The fourth-order valence-electron chi connectivity index (χ4n) is 6.64. The van der Waals surface area contributed by atoms with Crippen LogP contribution in [-0.4, -0.2) is 86.4 Å². The molecule has 3 aliphatic carbocycles. The number of rotatable bonds is 5. The van der Waals surface area contributed by atoms with E-state index >= 15 is 0 Å². The summed E-state index contributed by atoms with van der Waals surface area (Å²) in [5.41, 5.74) is 6.65. The normalized spacial score (nSPS) is 27.5. The SMILES string of the molecule is COc1ccc(-c2ccc(O)c3c2C[C@@]2(O)C[C@H]4[C@H](N(C)C)C(=O)C(C(N)=O)=C(O)[C@@]4(O)C(=O)C2=C3O)cc1CN. The molecule has 0 radical (unpaired) electrons. The van der Waals surface area contributed by atoms with Gasteiger partial charge in [0.25, 0.3) is 5.91 Å². The predicted octanol–water partition coefficient (Wildman–Crippen LogP) is 0.213. The topological polar surface area (TPSA) is 217 Å². The molecule has 1 fully saturated rings. The van der Waals surface area contributed by atoms with Gasteiger partial charge in [-0.25, -0.2) is 0 Å². The van der Waals surface area contributed by atoms with E-state index in [4.69, 9.17) is 16.2 Å². The molecule has 12 nitrogen and oxygen atoms in total. The summed E-state index contributed by atoms with van der Waals surface area (Å²) in [5.74, 6) is -6.86. The summed E-state index contributed by atoms with van der Waals surface area (Å²) in [5, 5.41) is 56.9. The Morgan fingerprint density at radius 3 is 2.39 bits per heavy atom. The average Bonchev–Trinajstić information content (AvgIpc) is 2.90. The van der Waals surface area contributed by atoms with Crippen molar-refractivity contribution in [3.05, 3.63) is 63.9 Å². The number of phenolic OH excluding ortho intramolecular Hbond substituents is 1. The van der Waals surface area contributed by atoms with Crippen molar-refractivity contribution in [3.8, 4) is 22.6 Å². The van der Waals surface area contributed by atoms with Gasteiger partial charge in [-0.2, -0.15) is 0 Å². The number of amides is 1. The third kappa shape index (κ3) is 3.79. The van der Waals surface area contributed by atoms with Crippen LogP contribution in [0.4, 0.5) is 0 Å². The number of primary amides is 1. The smallest absolute Gasteiger partial charge is 0.255 e. The second-order valence-electron chi connectivity index (χ2n) is 10.9. The van der Waals surface area contributed by atoms with Crippen molar-refractivity contribution in [2.45, 2.75) is 36.6 Å². The van der Waals surface area contributed by atoms with Gasteiger partial charge in [0.1, 0.15) is 34.2 Å². The van der Waals surface area contributed by atoms with Crippen molar-refractivity contribution in [3.63, 3.8) is 0 Å². The van der Waals surface area contributed by atoms with E-state index in [-0.39, 0.29) is 18.5 Å². The summed E-state index contributed by atoms with van der Waals surface area (Å²) in [7, 11) is 4.47. The van der Waals surface area contributed by atoms with Crippen LogP contribution in [0.5, 0.6) is 11.5 Å². The van der Waals surface area contributed by atoms with E-state index in [1.54, 1.807) is 24.3 Å². The Kier molecular flexibility index (Phi) is 6.50. The molecule has 41 heavy (non-hydrogen) atoms. The van der Waals surface area contributed by atoms with Crippen molar-refractivity contribution in [2.75, 3.05) is 21.2 Å². The highest BCUT2D eigenvalue weighted by molar-refractivity contribution is 6.24. The second kappa shape index (κ2) is 9.42. The van der Waals surface area contributed by atoms with Gasteiger partial charge in [-0.05, 0) is 55.4 Å². The third-order valence-electron chi connectivity index (χ3n) is 8.47. The Balaban J connectivity index is 1.77. The summed E-state index contributed by atoms with van der Waals surface area (Å²) in [6.45, 7) is 0.162. The Labute approximate surface area is 234 Å². The number of carbonyl (C=O) groups is 3. The van der Waals surface area contributed by atoms with Crippen LogP contribution < -0.4 is 16.2 Å². The second-order valence-corrected chi connectivity index (χ2v) is 10.9. The number of carbonyl (C=O) groups excluding carboxylic acids is 3. The fraction of sp³-hybridized carbons (Fsp3) is 0.345. The van der Waals surface area contributed by atoms with E-state index < -0.39 is 75.5 Å². The first kappa shape index (κ1) is 28.3. The number of ether oxygens (including phenoxy) is 1. The van der Waals surface area contributed by atoms with Gasteiger partial charge >= 0.3 is 0 Å². The van der Waals surface area contributed by atoms with Gasteiger partial charge in [0.05, 0.1) is 24.3 Å². The number of aromatic hydroxyl groups is 1. The highest BCUT2D eigenvalue weighted by Crippen LogP contribution is 2.55. The molecule has 12 heteroatoms. The minimum atomic E-state index is -2.86. The highest BCUT2D eigenvalue weighted by Gasteiger charge is 2.67. The molecule has 0 bridgehead atoms. The van der Waals surface area contributed by atoms with Gasteiger partial charge in [0.15, 0.2) is 11.4 Å². The van der Waals surface area contributed by atoms with Crippen molar-refractivity contribution >= 4 is 23.2 Å². The molecule has 9 N–H and O–H groups in total. The number of hydrogen-bond donors (Lipinski definition) is 7. The van der Waals surface area contributed by atoms with Crippen LogP contribution in [0, 0.1) is 5.92 Å². The first-order valence-corrected chi connectivity index (χ1v) is 12.8. The number of benzene rings is 2. The number of aliphatic hydroxyl groups is 4. The number of methoxy groups -OCH3 is 1. The minimum absolute atomic E-state index is 0.141. The molecule has 0 heterocycles. The zero-order chi connectivity index (χ0) is 30.2. The molecule has 2 aromatic carbocycles. The number of phenols is 1. The molecule has 0 saturated heterocycles. The maximum absolute atomic E-state index is 14.0. The molecular formula is C29H31N3O9. The maximum Gasteiger partial charge on any atom is 0.255 e. The maximum atomic E-state index is 14.0. The average molecular weight is 566 g/mol. The molecule has 5 rings (SSSR count). The lowest BCUT2D eigenvalue weighted by Crippen LogP contribution is -2.69. The van der Waals surface area contributed by atoms with Crippen LogP contribution >= 0.6 is 0 Å². The number of Topliss-reactive ketones (excluding diaryl/α,β-unsaturated/α-hetero) is 2. The van der Waals surface area contributed by atoms with Gasteiger partial charge in [-0.15, -0.1) is 0 Å². The molecule has 0 aliphatic heterocycles. The minimum Gasteiger partial charge on any atom is -0.508 e. The summed E-state index contributed by atoms with van der Waals surface area (Å²) < 4.78 is 5.35. The number of ketones is 2. The Morgan fingerprint density at radius 1 is 1.12 bits per heavy atom. The van der Waals surface area contributed by atoms with Crippen LogP contribution in [-0.2, 0) is 27.3 Å². The lowest BCUT2D eigenvalue weighted by Gasteiger charge is -2.53. The summed E-state index contributed by atoms with van der Waals surface area (Å²) in [4.78, 5) is 40.8. The summed E-state index contributed by atoms with van der Waals surface area (Å²) >= 11 is 0. The van der Waals surface area contributed by atoms with E-state index in [0.29, 0.717) is 28.0 Å². The van der Waals surface area contributed by atoms with E-state index in [2.05, 4.69) is 0 Å². The van der Waals surface area contributed by atoms with Gasteiger partial charge in [-0.1, -0.05) is 12.1 Å². The Morgan fingerprint density at radius 2 is 1.80 bits per heavy atom. The lowest BCUT2D eigenvalue weighted by molar-refractivity contribution is -0.161. The van der Waals surface area contributed by atoms with Crippen molar-refractivity contribution in [1.29, 1.82) is 0 Å². The van der Waals surface area contributed by atoms with E-state index in [9.17, 15) is 39.9 Å². The molecule has 1 saturated carbocycles. The molecule has 0 aromatic heterocycles. The van der Waals surface area contributed by atoms with Crippen LogP contribution in [0.25, 0.3) is 16.9 Å². The highest BCUT2D eigenvalue weighted by atomic mass is 16.5. The number of nitrogens with two attached hydrogens (primary N) is 2. The third-order valence-corrected chi connectivity index (χ3v) is 8.47. The van der Waals surface area contributed by atoms with Gasteiger partial charge in [0.2, 0.25) is 5.78 Å². The molecule has 4 atom stereocenters. The molecule has 3 aliphatic rings. The lowest BCUT2D eigenvalue weighted by atomic mass is 9.55. The first-order chi connectivity index (χ1) is 19.2. The summed E-state index contributed by atoms with van der Waals surface area (Å²) in [6.07, 6.45) is -0.764. The molecule has 0 unspecified atom stereocenters. The van der Waals surface area contributed by atoms with Crippen molar-refractivity contribution in [1.82, 2.24) is 4.90 Å². The van der Waals surface area contributed by atoms with Crippen LogP contribution in [0.15, 0.2) is 47.2 Å². The predicted molar refractivity (Wildman–Crippen MR) is 146 cm³/mol. The Bertz CT molecular complexity index is 1590. The number of nitrogens with zero attached hydrogens (tertiary/aromatic N) is 1. The fourth-order valence-corrected chi connectivity index (χ4v) is 6.64. The monoisotopic (exact) mass is 565 g/mol. The number of hydrogen-bond acceptors (Lipinski definition) is 11. The van der Waals surface area contributed by atoms with Gasteiger partial charge in [0, 0.05) is 24.4 Å². The Hall–Kier alpha value is -4.23. The van der Waals surface area contributed by atoms with Crippen LogP contribution in [0.2, 0.25) is 0 Å². The number of aliphatic hydroxyl groups excluding tert-OH is 2.